The second-order valence-corrected chi connectivity index (χ2v) is 5.50. The monoisotopic (exact) mass is 282 g/mol. The number of hydrogen-bond acceptors (Lipinski definition) is 3. The van der Waals surface area contributed by atoms with E-state index in [9.17, 15) is 9.59 Å². The van der Waals surface area contributed by atoms with Gasteiger partial charge in [0.1, 0.15) is 0 Å². The summed E-state index contributed by atoms with van der Waals surface area (Å²) in [5, 5.41) is 11.5. The van der Waals surface area contributed by atoms with E-state index in [1.165, 1.54) is 4.90 Å². The Morgan fingerprint density at radius 2 is 2.10 bits per heavy atom. The molecule has 2 amide bonds. The fourth-order valence-corrected chi connectivity index (χ4v) is 1.76. The molecular formula is C13H22N4O3. The fourth-order valence-electron chi connectivity index (χ4n) is 1.76. The highest BCUT2D eigenvalue weighted by Crippen LogP contribution is 2.13. The van der Waals surface area contributed by atoms with E-state index < -0.39 is 11.5 Å². The van der Waals surface area contributed by atoms with Gasteiger partial charge in [-0.25, -0.2) is 9.78 Å². The molecule has 0 bridgehead atoms. The average Bonchev–Trinajstić information content (AvgIpc) is 2.79. The molecule has 1 aromatic heterocycles. The lowest BCUT2D eigenvalue weighted by Gasteiger charge is -2.35. The van der Waals surface area contributed by atoms with Crippen LogP contribution in [-0.4, -0.2) is 50.2 Å². The topological polar surface area (TPSA) is 87.5 Å². The Morgan fingerprint density at radius 3 is 2.60 bits per heavy atom. The molecule has 0 aromatic carbocycles. The molecule has 1 aromatic rings. The van der Waals surface area contributed by atoms with Crippen molar-refractivity contribution < 1.29 is 14.7 Å². The van der Waals surface area contributed by atoms with Gasteiger partial charge in [-0.15, -0.1) is 0 Å². The maximum atomic E-state index is 12.1. The van der Waals surface area contributed by atoms with Crippen molar-refractivity contribution in [2.45, 2.75) is 39.3 Å². The number of carbonyl (C=O) groups excluding carboxylic acids is 1. The van der Waals surface area contributed by atoms with E-state index in [4.69, 9.17) is 5.11 Å². The molecule has 1 rings (SSSR count). The number of nitrogens with one attached hydrogen (secondary N) is 1. The fraction of sp³-hybridized carbons (Fsp3) is 0.615. The summed E-state index contributed by atoms with van der Waals surface area (Å²) >= 11 is 0. The molecule has 0 fully saturated rings. The van der Waals surface area contributed by atoms with Gasteiger partial charge in [-0.3, -0.25) is 4.79 Å². The first-order chi connectivity index (χ1) is 9.30. The molecule has 7 heteroatoms. The first-order valence-electron chi connectivity index (χ1n) is 6.53. The number of amides is 2. The Morgan fingerprint density at radius 1 is 1.40 bits per heavy atom. The van der Waals surface area contributed by atoms with Crippen LogP contribution in [0.3, 0.4) is 0 Å². The third kappa shape index (κ3) is 5.29. The van der Waals surface area contributed by atoms with Crippen LogP contribution in [0.4, 0.5) is 4.79 Å². The van der Waals surface area contributed by atoms with E-state index in [2.05, 4.69) is 10.3 Å². The van der Waals surface area contributed by atoms with Crippen molar-refractivity contribution in [3.63, 3.8) is 0 Å². The zero-order valence-electron chi connectivity index (χ0n) is 12.2. The third-order valence-electron chi connectivity index (χ3n) is 2.81. The molecule has 112 valence electrons. The summed E-state index contributed by atoms with van der Waals surface area (Å²) in [5.41, 5.74) is -0.422. The van der Waals surface area contributed by atoms with Crippen molar-refractivity contribution in [3.8, 4) is 0 Å². The molecule has 0 aliphatic carbocycles. The molecule has 0 aliphatic rings. The molecular weight excluding hydrogens is 260 g/mol. The minimum Gasteiger partial charge on any atom is -0.481 e. The van der Waals surface area contributed by atoms with Crippen LogP contribution in [0.1, 0.15) is 27.2 Å². The number of carboxylic acid groups (broad SMARTS) is 1. The van der Waals surface area contributed by atoms with Gasteiger partial charge in [0.05, 0.1) is 12.7 Å². The van der Waals surface area contributed by atoms with Gasteiger partial charge in [0.15, 0.2) is 0 Å². The Kier molecular flexibility index (Phi) is 5.54. The van der Waals surface area contributed by atoms with E-state index in [-0.39, 0.29) is 19.0 Å². The third-order valence-corrected chi connectivity index (χ3v) is 2.81. The molecule has 0 unspecified atom stereocenters. The van der Waals surface area contributed by atoms with Crippen molar-refractivity contribution in [2.75, 3.05) is 13.1 Å². The van der Waals surface area contributed by atoms with E-state index in [1.54, 1.807) is 12.5 Å². The second kappa shape index (κ2) is 6.93. The summed E-state index contributed by atoms with van der Waals surface area (Å²) in [7, 11) is 0. The molecule has 0 atom stereocenters. The van der Waals surface area contributed by atoms with Crippen LogP contribution in [0.15, 0.2) is 18.7 Å². The van der Waals surface area contributed by atoms with Gasteiger partial charge in [-0.1, -0.05) is 0 Å². The van der Waals surface area contributed by atoms with E-state index in [0.717, 1.165) is 0 Å². The van der Waals surface area contributed by atoms with Gasteiger partial charge in [0.2, 0.25) is 0 Å². The lowest BCUT2D eigenvalue weighted by molar-refractivity contribution is -0.137. The average molecular weight is 282 g/mol. The van der Waals surface area contributed by atoms with Crippen LogP contribution in [0.5, 0.6) is 0 Å². The van der Waals surface area contributed by atoms with Crippen molar-refractivity contribution >= 4 is 12.0 Å². The van der Waals surface area contributed by atoms with Crippen LogP contribution in [0.25, 0.3) is 0 Å². The second-order valence-electron chi connectivity index (χ2n) is 5.50. The van der Waals surface area contributed by atoms with Crippen LogP contribution >= 0.6 is 0 Å². The molecule has 0 aliphatic heterocycles. The highest BCUT2D eigenvalue weighted by atomic mass is 16.4. The number of aliphatic carboxylic acids is 1. The molecule has 7 nitrogen and oxygen atoms in total. The zero-order valence-corrected chi connectivity index (χ0v) is 12.2. The van der Waals surface area contributed by atoms with Gasteiger partial charge in [-0.2, -0.15) is 0 Å². The lowest BCUT2D eigenvalue weighted by atomic mass is 10.1. The largest absolute Gasteiger partial charge is 0.481 e. The van der Waals surface area contributed by atoms with Crippen LogP contribution < -0.4 is 5.32 Å². The first-order valence-corrected chi connectivity index (χ1v) is 6.53. The zero-order chi connectivity index (χ0) is 15.2. The number of hydrogen-bond donors (Lipinski definition) is 2. The number of carbonyl (C=O) groups is 2. The summed E-state index contributed by atoms with van der Waals surface area (Å²) in [4.78, 5) is 28.2. The van der Waals surface area contributed by atoms with Gasteiger partial charge in [-0.05, 0) is 20.8 Å². The Balaban J connectivity index is 2.48. The van der Waals surface area contributed by atoms with Crippen molar-refractivity contribution in [1.29, 1.82) is 0 Å². The standard InChI is InChI=1S/C13H22N4O3/c1-13(2,3)17(7-4-11(18)19)12(20)15-6-9-16-8-5-14-10-16/h5,8,10H,4,6-7,9H2,1-3H3,(H,15,20)(H,18,19). The maximum Gasteiger partial charge on any atom is 0.317 e. The minimum atomic E-state index is -0.912. The first kappa shape index (κ1) is 16.0. The van der Waals surface area contributed by atoms with Gasteiger partial charge < -0.3 is 19.9 Å². The van der Waals surface area contributed by atoms with Crippen LogP contribution in [0.2, 0.25) is 0 Å². The summed E-state index contributed by atoms with van der Waals surface area (Å²) < 4.78 is 1.86. The predicted octanol–water partition coefficient (Wildman–Crippen LogP) is 1.17. The Labute approximate surface area is 118 Å². The molecule has 0 saturated carbocycles. The smallest absolute Gasteiger partial charge is 0.317 e. The number of urea groups is 1. The Hall–Kier alpha value is -2.05. The Bertz CT molecular complexity index is 437. The maximum absolute atomic E-state index is 12.1. The minimum absolute atomic E-state index is 0.0633. The number of imidazole rings is 1. The molecule has 0 radical (unpaired) electrons. The van der Waals surface area contributed by atoms with E-state index in [1.807, 2.05) is 31.5 Å². The molecule has 0 saturated heterocycles. The van der Waals surface area contributed by atoms with Crippen molar-refractivity contribution in [2.24, 2.45) is 0 Å². The summed E-state index contributed by atoms with van der Waals surface area (Å²) in [6.07, 6.45) is 5.11. The van der Waals surface area contributed by atoms with E-state index >= 15 is 0 Å². The van der Waals surface area contributed by atoms with Crippen LogP contribution in [0, 0.1) is 0 Å². The SMILES string of the molecule is CC(C)(C)N(CCC(=O)O)C(=O)NCCn1ccnc1. The lowest BCUT2D eigenvalue weighted by Crippen LogP contribution is -2.51. The van der Waals surface area contributed by atoms with Crippen molar-refractivity contribution in [3.05, 3.63) is 18.7 Å². The van der Waals surface area contributed by atoms with Gasteiger partial charge in [0.25, 0.3) is 0 Å². The normalized spacial score (nSPS) is 11.2. The molecule has 2 N–H and O–H groups in total. The summed E-state index contributed by atoms with van der Waals surface area (Å²) in [6, 6.07) is -0.251. The molecule has 0 spiro atoms. The quantitative estimate of drug-likeness (QED) is 0.820. The summed E-state index contributed by atoms with van der Waals surface area (Å²) in [5.74, 6) is -0.912. The van der Waals surface area contributed by atoms with Crippen LogP contribution in [-0.2, 0) is 11.3 Å². The number of aromatic nitrogens is 2. The number of carboxylic acids is 1. The molecule has 1 heterocycles. The number of nitrogens with zero attached hydrogens (tertiary/aromatic N) is 3. The van der Waals surface area contributed by atoms with Crippen molar-refractivity contribution in [1.82, 2.24) is 19.8 Å². The van der Waals surface area contributed by atoms with E-state index in [0.29, 0.717) is 13.1 Å². The molecule has 20 heavy (non-hydrogen) atoms. The number of rotatable bonds is 6. The van der Waals surface area contributed by atoms with Gasteiger partial charge in [0, 0.05) is 37.6 Å². The van der Waals surface area contributed by atoms with Gasteiger partial charge >= 0.3 is 12.0 Å². The highest BCUT2D eigenvalue weighted by Gasteiger charge is 2.26. The highest BCUT2D eigenvalue weighted by molar-refractivity contribution is 5.76. The summed E-state index contributed by atoms with van der Waals surface area (Å²) in [6.45, 7) is 6.92. The predicted molar refractivity (Wildman–Crippen MR) is 74.3 cm³/mol.